The molecule has 0 unspecified atom stereocenters. The molecular weight excluding hydrogens is 313 g/mol. The van der Waals surface area contributed by atoms with E-state index in [2.05, 4.69) is 4.99 Å². The molecule has 0 spiro atoms. The van der Waals surface area contributed by atoms with Gasteiger partial charge in [-0.05, 0) is 24.6 Å². The third kappa shape index (κ3) is 3.92. The minimum atomic E-state index is -4.90. The number of hydrogen-bond acceptors (Lipinski definition) is 3. The molecule has 116 valence electrons. The summed E-state index contributed by atoms with van der Waals surface area (Å²) in [6, 6.07) is 0.997. The van der Waals surface area contributed by atoms with Crippen LogP contribution in [-0.4, -0.2) is 20.3 Å². The van der Waals surface area contributed by atoms with E-state index < -0.39 is 44.1 Å². The normalized spacial score (nSPS) is 12.0. The fourth-order valence-corrected chi connectivity index (χ4v) is 2.37. The van der Waals surface area contributed by atoms with E-state index in [0.717, 1.165) is 6.92 Å². The summed E-state index contributed by atoms with van der Waals surface area (Å²) in [5.41, 5.74) is 7.23. The maximum absolute atomic E-state index is 12.9. The minimum Gasteiger partial charge on any atom is -0.370 e. The smallest absolute Gasteiger partial charge is 0.370 e. The second-order valence-corrected chi connectivity index (χ2v) is 5.58. The van der Waals surface area contributed by atoms with Crippen LogP contribution in [0.1, 0.15) is 21.5 Å². The van der Waals surface area contributed by atoms with Gasteiger partial charge in [0.15, 0.2) is 5.96 Å². The van der Waals surface area contributed by atoms with E-state index in [9.17, 15) is 26.4 Å². The summed E-state index contributed by atoms with van der Waals surface area (Å²) in [7, 11) is -4.31. The molecule has 0 bridgehead atoms. The first kappa shape index (κ1) is 16.9. The number of sulfonamides is 1. The minimum absolute atomic E-state index is 0.258. The summed E-state index contributed by atoms with van der Waals surface area (Å²) in [6.45, 7) is 1.11. The van der Waals surface area contributed by atoms with Gasteiger partial charge < -0.3 is 11.5 Å². The number of primary sulfonamides is 1. The van der Waals surface area contributed by atoms with Crippen molar-refractivity contribution in [2.75, 3.05) is 0 Å². The maximum Gasteiger partial charge on any atom is 0.417 e. The number of nitrogens with two attached hydrogens (primary N) is 3. The van der Waals surface area contributed by atoms with Gasteiger partial charge in [0.1, 0.15) is 0 Å². The summed E-state index contributed by atoms with van der Waals surface area (Å²) in [6.07, 6.45) is -4.90. The Morgan fingerprint density at radius 2 is 1.76 bits per heavy atom. The molecule has 1 amide bonds. The van der Waals surface area contributed by atoms with Crippen molar-refractivity contribution in [3.8, 4) is 0 Å². The largest absolute Gasteiger partial charge is 0.417 e. The number of rotatable bonds is 2. The molecule has 0 radical (unpaired) electrons. The molecule has 1 rings (SSSR count). The van der Waals surface area contributed by atoms with Crippen LogP contribution in [0.2, 0.25) is 0 Å². The van der Waals surface area contributed by atoms with E-state index in [0.29, 0.717) is 12.1 Å². The van der Waals surface area contributed by atoms with Gasteiger partial charge in [-0.25, -0.2) is 13.6 Å². The fourth-order valence-electron chi connectivity index (χ4n) is 1.58. The molecule has 0 aliphatic heterocycles. The van der Waals surface area contributed by atoms with Gasteiger partial charge >= 0.3 is 6.18 Å². The van der Waals surface area contributed by atoms with Gasteiger partial charge in [-0.1, -0.05) is 0 Å². The number of halogens is 3. The summed E-state index contributed by atoms with van der Waals surface area (Å²) >= 11 is 0. The van der Waals surface area contributed by atoms with Crippen molar-refractivity contribution in [1.29, 1.82) is 0 Å². The van der Waals surface area contributed by atoms with Crippen molar-refractivity contribution in [2.45, 2.75) is 18.0 Å². The van der Waals surface area contributed by atoms with Crippen molar-refractivity contribution >= 4 is 21.9 Å². The Morgan fingerprint density at radius 3 is 2.14 bits per heavy atom. The lowest BCUT2D eigenvalue weighted by atomic mass is 10.0. The standard InChI is InChI=1S/C10H11F3N4O3S/c1-4-2-6(10(11,12)13)5(8(18)17-9(14)15)3-7(4)21(16,19)20/h2-3H,1H3,(H2,16,19,20)(H4,14,15,17,18). The highest BCUT2D eigenvalue weighted by Gasteiger charge is 2.36. The third-order valence-corrected chi connectivity index (χ3v) is 3.44. The molecule has 0 saturated heterocycles. The summed E-state index contributed by atoms with van der Waals surface area (Å²) in [5, 5.41) is 4.88. The lowest BCUT2D eigenvalue weighted by Gasteiger charge is -2.14. The molecule has 0 saturated carbocycles. The highest BCUT2D eigenvalue weighted by Crippen LogP contribution is 2.34. The average Bonchev–Trinajstić information content (AvgIpc) is 2.24. The van der Waals surface area contributed by atoms with E-state index in [1.165, 1.54) is 0 Å². The molecule has 0 atom stereocenters. The van der Waals surface area contributed by atoms with Crippen molar-refractivity contribution in [3.05, 3.63) is 28.8 Å². The molecule has 6 N–H and O–H groups in total. The van der Waals surface area contributed by atoms with Crippen molar-refractivity contribution in [2.24, 2.45) is 21.6 Å². The van der Waals surface area contributed by atoms with Crippen LogP contribution >= 0.6 is 0 Å². The highest BCUT2D eigenvalue weighted by atomic mass is 32.2. The Bertz CT molecular complexity index is 722. The second kappa shape index (κ2) is 5.33. The lowest BCUT2D eigenvalue weighted by molar-refractivity contribution is -0.138. The van der Waals surface area contributed by atoms with E-state index in [4.69, 9.17) is 16.6 Å². The first-order chi connectivity index (χ1) is 9.34. The molecule has 21 heavy (non-hydrogen) atoms. The number of hydrogen-bond donors (Lipinski definition) is 3. The Balaban J connectivity index is 3.73. The molecule has 1 aromatic carbocycles. The van der Waals surface area contributed by atoms with Crippen LogP contribution in [0.25, 0.3) is 0 Å². The summed E-state index contributed by atoms with van der Waals surface area (Å²) < 4.78 is 61.4. The zero-order chi connectivity index (χ0) is 16.6. The van der Waals surface area contributed by atoms with Crippen molar-refractivity contribution < 1.29 is 26.4 Å². The molecule has 1 aromatic rings. The van der Waals surface area contributed by atoms with Gasteiger partial charge in [0.05, 0.1) is 16.0 Å². The first-order valence-electron chi connectivity index (χ1n) is 5.22. The van der Waals surface area contributed by atoms with Crippen molar-refractivity contribution in [1.82, 2.24) is 0 Å². The van der Waals surface area contributed by atoms with Crippen LogP contribution < -0.4 is 16.6 Å². The number of amides is 1. The average molecular weight is 324 g/mol. The van der Waals surface area contributed by atoms with Gasteiger partial charge in [-0.2, -0.15) is 18.2 Å². The number of carbonyl (C=O) groups excluding carboxylic acids is 1. The summed E-state index contributed by atoms with van der Waals surface area (Å²) in [5.74, 6) is -2.18. The van der Waals surface area contributed by atoms with Crippen LogP contribution in [-0.2, 0) is 16.2 Å². The van der Waals surface area contributed by atoms with Gasteiger partial charge in [0.25, 0.3) is 5.91 Å². The van der Waals surface area contributed by atoms with Crippen LogP contribution in [0.15, 0.2) is 22.0 Å². The van der Waals surface area contributed by atoms with E-state index in [-0.39, 0.29) is 5.56 Å². The number of alkyl halides is 3. The van der Waals surface area contributed by atoms with Gasteiger partial charge in [0, 0.05) is 0 Å². The van der Waals surface area contributed by atoms with Gasteiger partial charge in [-0.3, -0.25) is 4.79 Å². The van der Waals surface area contributed by atoms with E-state index in [1.54, 1.807) is 0 Å². The Hall–Kier alpha value is -2.14. The van der Waals surface area contributed by atoms with Gasteiger partial charge in [0.2, 0.25) is 10.0 Å². The second-order valence-electron chi connectivity index (χ2n) is 4.05. The predicted octanol–water partition coefficient (Wildman–Crippen LogP) is 0.0748. The highest BCUT2D eigenvalue weighted by molar-refractivity contribution is 7.89. The Labute approximate surface area is 117 Å². The van der Waals surface area contributed by atoms with Crippen LogP contribution in [0.3, 0.4) is 0 Å². The maximum atomic E-state index is 12.9. The zero-order valence-electron chi connectivity index (χ0n) is 10.6. The molecule has 7 nitrogen and oxygen atoms in total. The number of benzene rings is 1. The van der Waals surface area contributed by atoms with Gasteiger partial charge in [-0.15, -0.1) is 0 Å². The molecule has 0 heterocycles. The molecular formula is C10H11F3N4O3S. The molecule has 0 aliphatic rings. The monoisotopic (exact) mass is 324 g/mol. The van der Waals surface area contributed by atoms with Crippen LogP contribution in [0.5, 0.6) is 0 Å². The number of guanidine groups is 1. The van der Waals surface area contributed by atoms with Crippen molar-refractivity contribution in [3.63, 3.8) is 0 Å². The van der Waals surface area contributed by atoms with Crippen LogP contribution in [0, 0.1) is 6.92 Å². The zero-order valence-corrected chi connectivity index (χ0v) is 11.4. The molecule has 0 aliphatic carbocycles. The lowest BCUT2D eigenvalue weighted by Crippen LogP contribution is -2.25. The fraction of sp³-hybridized carbons (Fsp3) is 0.200. The number of carbonyl (C=O) groups is 1. The molecule has 0 fully saturated rings. The quantitative estimate of drug-likeness (QED) is 0.521. The predicted molar refractivity (Wildman–Crippen MR) is 67.7 cm³/mol. The number of aryl methyl sites for hydroxylation is 1. The SMILES string of the molecule is Cc1cc(C(F)(F)F)c(C(=O)N=C(N)N)cc1S(N)(=O)=O. The Morgan fingerprint density at radius 1 is 1.24 bits per heavy atom. The van der Waals surface area contributed by atoms with Crippen LogP contribution in [0.4, 0.5) is 13.2 Å². The van der Waals surface area contributed by atoms with E-state index in [1.807, 2.05) is 0 Å². The third-order valence-electron chi connectivity index (χ3n) is 2.39. The number of nitrogens with zero attached hydrogens (tertiary/aromatic N) is 1. The topological polar surface area (TPSA) is 142 Å². The molecule has 11 heteroatoms. The first-order valence-corrected chi connectivity index (χ1v) is 6.77. The van der Waals surface area contributed by atoms with E-state index >= 15 is 0 Å². The summed E-state index contributed by atoms with van der Waals surface area (Å²) in [4.78, 5) is 14.0. The Kier molecular flexibility index (Phi) is 4.29. The molecule has 0 aromatic heterocycles. The number of aliphatic imine (C=N–C) groups is 1.